The minimum Gasteiger partial charge on any atom is -0.497 e. The van der Waals surface area contributed by atoms with Crippen molar-refractivity contribution in [1.29, 1.82) is 0 Å². The topological polar surface area (TPSA) is 132 Å². The number of pyridine rings is 1. The van der Waals surface area contributed by atoms with Crippen molar-refractivity contribution >= 4 is 35.1 Å². The van der Waals surface area contributed by atoms with Gasteiger partial charge in [0, 0.05) is 11.8 Å². The third-order valence-electron chi connectivity index (χ3n) is 3.74. The molecular weight excluding hydrogens is 392 g/mol. The van der Waals surface area contributed by atoms with Crippen LogP contribution in [0, 0.1) is 0 Å². The predicted octanol–water partition coefficient (Wildman–Crippen LogP) is 1.96. The van der Waals surface area contributed by atoms with E-state index in [9.17, 15) is 4.79 Å². The Hall–Kier alpha value is -3.60. The van der Waals surface area contributed by atoms with E-state index in [1.165, 1.54) is 4.68 Å². The second-order valence-electron chi connectivity index (χ2n) is 5.77. The second kappa shape index (κ2) is 9.55. The normalized spacial score (nSPS) is 11.2. The summed E-state index contributed by atoms with van der Waals surface area (Å²) in [7, 11) is 1.61. The Morgan fingerprint density at radius 3 is 2.90 bits per heavy atom. The molecule has 4 N–H and O–H groups in total. The second-order valence-corrected chi connectivity index (χ2v) is 6.71. The van der Waals surface area contributed by atoms with Gasteiger partial charge in [-0.1, -0.05) is 30.0 Å². The standard InChI is InChI=1S/C18H20N8O2S/c1-12(13-6-5-7-14(10-13)28-2)22-23-17-24-25-18(26(17)19)29-11-16(27)21-15-8-3-4-9-20-15/h3-10H,11,19H2,1-2H3,(H,23,24)(H,20,21,27)/b22-12+. The van der Waals surface area contributed by atoms with Crippen molar-refractivity contribution in [2.45, 2.75) is 12.1 Å². The summed E-state index contributed by atoms with van der Waals surface area (Å²) in [6.45, 7) is 1.84. The molecule has 29 heavy (non-hydrogen) atoms. The SMILES string of the molecule is COc1cccc(/C(C)=N/Nc2nnc(SCC(=O)Nc3ccccn3)n2N)c1. The fraction of sp³-hybridized carbons (Fsp3) is 0.167. The first-order valence-electron chi connectivity index (χ1n) is 8.55. The molecule has 10 nitrogen and oxygen atoms in total. The maximum atomic E-state index is 12.0. The Kier molecular flexibility index (Phi) is 6.63. The number of anilines is 2. The average molecular weight is 412 g/mol. The number of carbonyl (C=O) groups excluding carboxylic acids is 1. The summed E-state index contributed by atoms with van der Waals surface area (Å²) < 4.78 is 6.45. The van der Waals surface area contributed by atoms with Crippen LogP contribution >= 0.6 is 11.8 Å². The smallest absolute Gasteiger partial charge is 0.264 e. The van der Waals surface area contributed by atoms with Crippen LogP contribution in [0.2, 0.25) is 0 Å². The number of aromatic nitrogens is 4. The predicted molar refractivity (Wildman–Crippen MR) is 113 cm³/mol. The summed E-state index contributed by atoms with van der Waals surface area (Å²) >= 11 is 1.15. The summed E-state index contributed by atoms with van der Waals surface area (Å²) in [6, 6.07) is 12.8. The summed E-state index contributed by atoms with van der Waals surface area (Å²) in [6.07, 6.45) is 1.60. The summed E-state index contributed by atoms with van der Waals surface area (Å²) in [5.41, 5.74) is 4.39. The van der Waals surface area contributed by atoms with Crippen LogP contribution in [0.3, 0.4) is 0 Å². The number of nitrogen functional groups attached to an aromatic ring is 1. The van der Waals surface area contributed by atoms with Gasteiger partial charge in [0.2, 0.25) is 11.1 Å². The Morgan fingerprint density at radius 1 is 1.28 bits per heavy atom. The molecule has 1 amide bonds. The monoisotopic (exact) mass is 412 g/mol. The molecule has 11 heteroatoms. The summed E-state index contributed by atoms with van der Waals surface area (Å²) in [4.78, 5) is 16.1. The Labute approximate surface area is 171 Å². The molecular formula is C18H20N8O2S. The number of nitrogens with zero attached hydrogens (tertiary/aromatic N) is 5. The average Bonchev–Trinajstić information content (AvgIpc) is 3.10. The van der Waals surface area contributed by atoms with Crippen LogP contribution in [0.5, 0.6) is 5.75 Å². The molecule has 0 aliphatic carbocycles. The van der Waals surface area contributed by atoms with Crippen molar-refractivity contribution in [3.8, 4) is 5.75 Å². The quantitative estimate of drug-likeness (QED) is 0.221. The molecule has 0 bridgehead atoms. The molecule has 0 spiro atoms. The molecule has 3 rings (SSSR count). The van der Waals surface area contributed by atoms with Gasteiger partial charge >= 0.3 is 0 Å². The lowest BCUT2D eigenvalue weighted by Gasteiger charge is -2.06. The van der Waals surface area contributed by atoms with E-state index in [0.29, 0.717) is 11.0 Å². The van der Waals surface area contributed by atoms with Gasteiger partial charge in [-0.25, -0.2) is 15.1 Å². The molecule has 3 aromatic rings. The molecule has 0 saturated heterocycles. The third-order valence-corrected chi connectivity index (χ3v) is 4.68. The van der Waals surface area contributed by atoms with Crippen molar-refractivity contribution in [1.82, 2.24) is 19.9 Å². The van der Waals surface area contributed by atoms with Gasteiger partial charge < -0.3 is 15.9 Å². The van der Waals surface area contributed by atoms with Crippen molar-refractivity contribution in [3.63, 3.8) is 0 Å². The van der Waals surface area contributed by atoms with Crippen molar-refractivity contribution in [3.05, 3.63) is 54.2 Å². The van der Waals surface area contributed by atoms with Crippen LogP contribution < -0.4 is 21.3 Å². The molecule has 0 saturated carbocycles. The zero-order chi connectivity index (χ0) is 20.6. The number of carbonyl (C=O) groups is 1. The van der Waals surface area contributed by atoms with E-state index in [2.05, 4.69) is 31.0 Å². The van der Waals surface area contributed by atoms with Crippen LogP contribution in [0.1, 0.15) is 12.5 Å². The van der Waals surface area contributed by atoms with Crippen molar-refractivity contribution < 1.29 is 9.53 Å². The minimum absolute atomic E-state index is 0.109. The number of methoxy groups -OCH3 is 1. The zero-order valence-corrected chi connectivity index (χ0v) is 16.7. The third kappa shape index (κ3) is 5.45. The lowest BCUT2D eigenvalue weighted by Crippen LogP contribution is -2.17. The van der Waals surface area contributed by atoms with Crippen LogP contribution in [-0.2, 0) is 4.79 Å². The molecule has 0 aliphatic rings. The number of nitrogens with one attached hydrogen (secondary N) is 2. The van der Waals surface area contributed by atoms with E-state index in [4.69, 9.17) is 10.6 Å². The first kappa shape index (κ1) is 20.1. The Bertz CT molecular complexity index is 1010. The molecule has 0 radical (unpaired) electrons. The molecule has 0 fully saturated rings. The molecule has 2 heterocycles. The van der Waals surface area contributed by atoms with Crippen LogP contribution in [0.4, 0.5) is 11.8 Å². The van der Waals surface area contributed by atoms with Gasteiger partial charge in [-0.3, -0.25) is 4.79 Å². The number of amides is 1. The number of thioether (sulfide) groups is 1. The molecule has 0 aliphatic heterocycles. The highest BCUT2D eigenvalue weighted by atomic mass is 32.2. The number of hydrazone groups is 1. The highest BCUT2D eigenvalue weighted by molar-refractivity contribution is 7.99. The van der Waals surface area contributed by atoms with Gasteiger partial charge in [0.1, 0.15) is 11.6 Å². The van der Waals surface area contributed by atoms with E-state index in [-0.39, 0.29) is 17.6 Å². The highest BCUT2D eigenvalue weighted by Gasteiger charge is 2.12. The van der Waals surface area contributed by atoms with Crippen molar-refractivity contribution in [2.75, 3.05) is 29.4 Å². The van der Waals surface area contributed by atoms with Crippen LogP contribution in [0.25, 0.3) is 0 Å². The number of rotatable bonds is 8. The van der Waals surface area contributed by atoms with Crippen LogP contribution in [-0.4, -0.2) is 44.3 Å². The minimum atomic E-state index is -0.224. The first-order chi connectivity index (χ1) is 14.1. The highest BCUT2D eigenvalue weighted by Crippen LogP contribution is 2.17. The van der Waals surface area contributed by atoms with E-state index in [1.54, 1.807) is 31.5 Å². The maximum Gasteiger partial charge on any atom is 0.264 e. The first-order valence-corrected chi connectivity index (χ1v) is 9.54. The van der Waals surface area contributed by atoms with E-state index in [0.717, 1.165) is 28.8 Å². The zero-order valence-electron chi connectivity index (χ0n) is 15.9. The number of hydrogen-bond donors (Lipinski definition) is 3. The summed E-state index contributed by atoms with van der Waals surface area (Å²) in [5.74, 6) is 7.34. The van der Waals surface area contributed by atoms with E-state index in [1.807, 2.05) is 31.2 Å². The molecule has 0 atom stereocenters. The van der Waals surface area contributed by atoms with Crippen molar-refractivity contribution in [2.24, 2.45) is 5.10 Å². The maximum absolute atomic E-state index is 12.0. The number of hydrogen-bond acceptors (Lipinski definition) is 9. The molecule has 0 unspecified atom stereocenters. The van der Waals surface area contributed by atoms with Gasteiger partial charge in [0.05, 0.1) is 18.6 Å². The largest absolute Gasteiger partial charge is 0.497 e. The Balaban J connectivity index is 1.58. The molecule has 1 aromatic carbocycles. The van der Waals surface area contributed by atoms with Gasteiger partial charge in [0.25, 0.3) is 5.95 Å². The van der Waals surface area contributed by atoms with Gasteiger partial charge in [-0.05, 0) is 31.2 Å². The fourth-order valence-corrected chi connectivity index (χ4v) is 2.90. The van der Waals surface area contributed by atoms with E-state index >= 15 is 0 Å². The number of ether oxygens (including phenoxy) is 1. The van der Waals surface area contributed by atoms with Gasteiger partial charge in [-0.2, -0.15) is 5.10 Å². The Morgan fingerprint density at radius 2 is 2.14 bits per heavy atom. The molecule has 150 valence electrons. The van der Waals surface area contributed by atoms with E-state index < -0.39 is 0 Å². The fourth-order valence-electron chi connectivity index (χ4n) is 2.24. The van der Waals surface area contributed by atoms with Gasteiger partial charge in [0.15, 0.2) is 0 Å². The number of nitrogens with two attached hydrogens (primary N) is 1. The summed E-state index contributed by atoms with van der Waals surface area (Å²) in [5, 5.41) is 15.3. The number of benzene rings is 1. The lowest BCUT2D eigenvalue weighted by molar-refractivity contribution is -0.113. The molecule has 2 aromatic heterocycles. The lowest BCUT2D eigenvalue weighted by atomic mass is 10.1. The van der Waals surface area contributed by atoms with Gasteiger partial charge in [-0.15, -0.1) is 10.2 Å². The van der Waals surface area contributed by atoms with Crippen LogP contribution in [0.15, 0.2) is 58.9 Å².